The molecule has 1 aliphatic rings. The van der Waals surface area contributed by atoms with E-state index in [1.807, 2.05) is 0 Å². The number of nitrogens with zero attached hydrogens (tertiary/aromatic N) is 2. The Balaban J connectivity index is 1.63. The maximum absolute atomic E-state index is 12.4. The van der Waals surface area contributed by atoms with Gasteiger partial charge < -0.3 is 15.5 Å². The summed E-state index contributed by atoms with van der Waals surface area (Å²) < 4.78 is 0. The highest BCUT2D eigenvalue weighted by Crippen LogP contribution is 2.22. The number of benzene rings is 2. The molecule has 2 amide bonds. The van der Waals surface area contributed by atoms with Crippen LogP contribution >= 0.6 is 11.6 Å². The molecule has 29 heavy (non-hydrogen) atoms. The number of hydrogen-bond donors (Lipinski definition) is 2. The predicted molar refractivity (Wildman–Crippen MR) is 116 cm³/mol. The summed E-state index contributed by atoms with van der Waals surface area (Å²) in [6.45, 7) is 6.22. The first kappa shape index (κ1) is 21.3. The van der Waals surface area contributed by atoms with Gasteiger partial charge >= 0.3 is 11.8 Å². The van der Waals surface area contributed by atoms with Crippen LogP contribution in [0.2, 0.25) is 5.02 Å². The number of anilines is 1. The number of carbonyl (C=O) groups is 2. The molecule has 0 aromatic heterocycles. The van der Waals surface area contributed by atoms with E-state index in [1.165, 1.54) is 5.56 Å². The Bertz CT molecular complexity index is 831. The number of hydrogen-bond acceptors (Lipinski definition) is 4. The van der Waals surface area contributed by atoms with Crippen molar-refractivity contribution in [3.63, 3.8) is 0 Å². The number of rotatable bonds is 5. The maximum atomic E-state index is 12.4. The van der Waals surface area contributed by atoms with Gasteiger partial charge in [0.25, 0.3) is 0 Å². The minimum Gasteiger partial charge on any atom is -0.346 e. The molecule has 1 saturated heterocycles. The van der Waals surface area contributed by atoms with Gasteiger partial charge in [-0.3, -0.25) is 14.5 Å². The second kappa shape index (κ2) is 9.87. The summed E-state index contributed by atoms with van der Waals surface area (Å²) in [5, 5.41) is 5.97. The average molecular weight is 415 g/mol. The van der Waals surface area contributed by atoms with Crippen molar-refractivity contribution in [1.29, 1.82) is 0 Å². The summed E-state index contributed by atoms with van der Waals surface area (Å²) in [6.07, 6.45) is 0. The molecule has 1 fully saturated rings. The van der Waals surface area contributed by atoms with Crippen LogP contribution in [-0.2, 0) is 9.59 Å². The first-order valence-electron chi connectivity index (χ1n) is 9.76. The van der Waals surface area contributed by atoms with Crippen molar-refractivity contribution in [2.24, 2.45) is 0 Å². The van der Waals surface area contributed by atoms with Crippen LogP contribution in [0.5, 0.6) is 0 Å². The first-order valence-corrected chi connectivity index (χ1v) is 10.1. The Morgan fingerprint density at radius 3 is 2.21 bits per heavy atom. The SMILES string of the molecule is Cc1ccc(C(CNC(=O)C(=O)Nc2ccc(Cl)cc2)N2CCN(C)CC2)cc1. The molecule has 7 heteroatoms. The summed E-state index contributed by atoms with van der Waals surface area (Å²) in [4.78, 5) is 29.3. The van der Waals surface area contributed by atoms with Gasteiger partial charge in [-0.2, -0.15) is 0 Å². The van der Waals surface area contributed by atoms with Gasteiger partial charge in [0, 0.05) is 43.4 Å². The minimum atomic E-state index is -0.687. The molecule has 1 heterocycles. The van der Waals surface area contributed by atoms with Crippen LogP contribution in [-0.4, -0.2) is 61.4 Å². The molecule has 2 N–H and O–H groups in total. The van der Waals surface area contributed by atoms with Gasteiger partial charge in [-0.1, -0.05) is 41.4 Å². The van der Waals surface area contributed by atoms with E-state index in [-0.39, 0.29) is 6.04 Å². The van der Waals surface area contributed by atoms with Crippen molar-refractivity contribution in [1.82, 2.24) is 15.1 Å². The molecule has 1 atom stereocenters. The molecule has 0 saturated carbocycles. The number of nitrogens with one attached hydrogen (secondary N) is 2. The topological polar surface area (TPSA) is 64.7 Å². The zero-order valence-corrected chi connectivity index (χ0v) is 17.6. The molecule has 1 unspecified atom stereocenters. The fourth-order valence-corrected chi connectivity index (χ4v) is 3.50. The molecule has 2 aromatic carbocycles. The second-order valence-electron chi connectivity index (χ2n) is 7.44. The van der Waals surface area contributed by atoms with Crippen LogP contribution in [0.1, 0.15) is 17.2 Å². The lowest BCUT2D eigenvalue weighted by molar-refractivity contribution is -0.136. The van der Waals surface area contributed by atoms with Crippen LogP contribution in [0.15, 0.2) is 48.5 Å². The van der Waals surface area contributed by atoms with Crippen LogP contribution in [0, 0.1) is 6.92 Å². The number of likely N-dealkylation sites (N-methyl/N-ethyl adjacent to an activating group) is 1. The van der Waals surface area contributed by atoms with Crippen molar-refractivity contribution in [2.45, 2.75) is 13.0 Å². The minimum absolute atomic E-state index is 0.0246. The Hall–Kier alpha value is -2.41. The van der Waals surface area contributed by atoms with Crippen molar-refractivity contribution >= 4 is 29.1 Å². The largest absolute Gasteiger partial charge is 0.346 e. The van der Waals surface area contributed by atoms with Gasteiger partial charge in [0.15, 0.2) is 0 Å². The number of halogens is 1. The Morgan fingerprint density at radius 1 is 0.966 bits per heavy atom. The lowest BCUT2D eigenvalue weighted by atomic mass is 10.0. The molecule has 0 radical (unpaired) electrons. The highest BCUT2D eigenvalue weighted by Gasteiger charge is 2.25. The van der Waals surface area contributed by atoms with E-state index in [0.29, 0.717) is 17.3 Å². The Labute approximate surface area is 176 Å². The van der Waals surface area contributed by atoms with Crippen LogP contribution in [0.25, 0.3) is 0 Å². The Kier molecular flexibility index (Phi) is 7.25. The van der Waals surface area contributed by atoms with E-state index in [4.69, 9.17) is 11.6 Å². The summed E-state index contributed by atoms with van der Waals surface area (Å²) in [5.74, 6) is -1.33. The van der Waals surface area contributed by atoms with E-state index < -0.39 is 11.8 Å². The molecular weight excluding hydrogens is 388 g/mol. The van der Waals surface area contributed by atoms with Gasteiger partial charge in [-0.25, -0.2) is 0 Å². The van der Waals surface area contributed by atoms with Crippen LogP contribution in [0.4, 0.5) is 5.69 Å². The first-order chi connectivity index (χ1) is 13.9. The summed E-state index contributed by atoms with van der Waals surface area (Å²) >= 11 is 5.85. The molecule has 3 rings (SSSR count). The van der Waals surface area contributed by atoms with Crippen molar-refractivity contribution in [3.05, 3.63) is 64.7 Å². The molecular formula is C22H27ClN4O2. The normalized spacial score (nSPS) is 16.2. The highest BCUT2D eigenvalue weighted by molar-refractivity contribution is 6.39. The third-order valence-electron chi connectivity index (χ3n) is 5.21. The molecule has 2 aromatic rings. The third kappa shape index (κ3) is 6.03. The zero-order valence-electron chi connectivity index (χ0n) is 16.8. The fourth-order valence-electron chi connectivity index (χ4n) is 3.37. The molecule has 0 bridgehead atoms. The summed E-state index contributed by atoms with van der Waals surface area (Å²) in [6, 6.07) is 15.0. The third-order valence-corrected chi connectivity index (χ3v) is 5.46. The van der Waals surface area contributed by atoms with Gasteiger partial charge in [0.1, 0.15) is 0 Å². The van der Waals surface area contributed by atoms with Gasteiger partial charge in [0.05, 0.1) is 6.04 Å². The average Bonchev–Trinajstić information content (AvgIpc) is 2.72. The van der Waals surface area contributed by atoms with Gasteiger partial charge in [-0.15, -0.1) is 0 Å². The van der Waals surface area contributed by atoms with Crippen LogP contribution in [0.3, 0.4) is 0 Å². The highest BCUT2D eigenvalue weighted by atomic mass is 35.5. The summed E-state index contributed by atoms with van der Waals surface area (Å²) in [7, 11) is 2.11. The number of amides is 2. The van der Waals surface area contributed by atoms with E-state index in [2.05, 4.69) is 58.7 Å². The van der Waals surface area contributed by atoms with E-state index in [1.54, 1.807) is 24.3 Å². The van der Waals surface area contributed by atoms with Crippen molar-refractivity contribution in [2.75, 3.05) is 45.1 Å². The van der Waals surface area contributed by atoms with Gasteiger partial charge in [0.2, 0.25) is 0 Å². The molecule has 154 valence electrons. The molecule has 1 aliphatic heterocycles. The number of aryl methyl sites for hydroxylation is 1. The number of piperazine rings is 1. The number of carbonyl (C=O) groups excluding carboxylic acids is 2. The zero-order chi connectivity index (χ0) is 20.8. The lowest BCUT2D eigenvalue weighted by Gasteiger charge is -2.38. The summed E-state index contributed by atoms with van der Waals surface area (Å²) in [5.41, 5.74) is 2.86. The van der Waals surface area contributed by atoms with E-state index >= 15 is 0 Å². The van der Waals surface area contributed by atoms with Crippen LogP contribution < -0.4 is 10.6 Å². The Morgan fingerprint density at radius 2 is 1.59 bits per heavy atom. The standard InChI is InChI=1S/C22H27ClN4O2/c1-16-3-5-17(6-4-16)20(27-13-11-26(2)12-14-27)15-24-21(28)22(29)25-19-9-7-18(23)8-10-19/h3-10,20H,11-15H2,1-2H3,(H,24,28)(H,25,29). The fraction of sp³-hybridized carbons (Fsp3) is 0.364. The molecule has 6 nitrogen and oxygen atoms in total. The second-order valence-corrected chi connectivity index (χ2v) is 7.87. The lowest BCUT2D eigenvalue weighted by Crippen LogP contribution is -2.49. The van der Waals surface area contributed by atoms with Crippen molar-refractivity contribution < 1.29 is 9.59 Å². The quantitative estimate of drug-likeness (QED) is 0.738. The van der Waals surface area contributed by atoms with E-state index in [9.17, 15) is 9.59 Å². The van der Waals surface area contributed by atoms with E-state index in [0.717, 1.165) is 31.7 Å². The smallest absolute Gasteiger partial charge is 0.313 e. The molecule has 0 aliphatic carbocycles. The predicted octanol–water partition coefficient (Wildman–Crippen LogP) is 2.69. The monoisotopic (exact) mass is 414 g/mol. The van der Waals surface area contributed by atoms with Crippen molar-refractivity contribution in [3.8, 4) is 0 Å². The molecule has 0 spiro atoms. The maximum Gasteiger partial charge on any atom is 0.313 e. The van der Waals surface area contributed by atoms with Gasteiger partial charge in [-0.05, 0) is 43.8 Å².